The van der Waals surface area contributed by atoms with Crippen molar-refractivity contribution in [3.8, 4) is 0 Å². The number of nitrogens with zero attached hydrogens (tertiary/aromatic N) is 1. The molecule has 0 spiro atoms. The summed E-state index contributed by atoms with van der Waals surface area (Å²) in [6, 6.07) is 0.587. The van der Waals surface area contributed by atoms with Gasteiger partial charge < -0.3 is 10.1 Å². The summed E-state index contributed by atoms with van der Waals surface area (Å²) in [5.74, 6) is 0. The van der Waals surface area contributed by atoms with Crippen molar-refractivity contribution in [1.82, 2.24) is 10.2 Å². The highest BCUT2D eigenvalue weighted by atomic mass is 16.5. The molecule has 1 N–H and O–H groups in total. The van der Waals surface area contributed by atoms with Crippen molar-refractivity contribution in [2.24, 2.45) is 0 Å². The van der Waals surface area contributed by atoms with Gasteiger partial charge in [0.1, 0.15) is 0 Å². The lowest BCUT2D eigenvalue weighted by atomic mass is 9.98. The minimum absolute atomic E-state index is 0.295. The lowest BCUT2D eigenvalue weighted by Gasteiger charge is -2.41. The summed E-state index contributed by atoms with van der Waals surface area (Å²) in [5, 5.41) is 3.65. The van der Waals surface area contributed by atoms with Gasteiger partial charge in [-0.25, -0.2) is 0 Å². The van der Waals surface area contributed by atoms with Crippen molar-refractivity contribution >= 4 is 0 Å². The van der Waals surface area contributed by atoms with E-state index in [0.717, 1.165) is 19.8 Å². The zero-order chi connectivity index (χ0) is 11.4. The van der Waals surface area contributed by atoms with Gasteiger partial charge in [-0.05, 0) is 46.2 Å². The Balaban J connectivity index is 1.76. The predicted octanol–water partition coefficient (Wildman–Crippen LogP) is 1.63. The van der Waals surface area contributed by atoms with Gasteiger partial charge in [0.05, 0.1) is 6.61 Å². The summed E-state index contributed by atoms with van der Waals surface area (Å²) >= 11 is 0. The second-order valence-corrected chi connectivity index (χ2v) is 5.80. The van der Waals surface area contributed by atoms with Gasteiger partial charge in [-0.3, -0.25) is 4.90 Å². The molecule has 3 nitrogen and oxygen atoms in total. The summed E-state index contributed by atoms with van der Waals surface area (Å²) in [6.07, 6.45) is 5.33. The number of hydrogen-bond acceptors (Lipinski definition) is 3. The van der Waals surface area contributed by atoms with E-state index in [9.17, 15) is 0 Å². The molecule has 3 heteroatoms. The minimum atomic E-state index is 0.295. The quantitative estimate of drug-likeness (QED) is 0.788. The molecule has 1 unspecified atom stereocenters. The fourth-order valence-corrected chi connectivity index (χ4v) is 2.70. The number of ether oxygens (including phenoxy) is 1. The monoisotopic (exact) mass is 226 g/mol. The van der Waals surface area contributed by atoms with E-state index >= 15 is 0 Å². The number of hydrogen-bond donors (Lipinski definition) is 1. The van der Waals surface area contributed by atoms with E-state index < -0.39 is 0 Å². The van der Waals surface area contributed by atoms with Crippen LogP contribution in [0, 0.1) is 0 Å². The van der Waals surface area contributed by atoms with Crippen LogP contribution in [-0.2, 0) is 4.74 Å². The Bertz CT molecular complexity index is 206. The summed E-state index contributed by atoms with van der Waals surface area (Å²) in [6.45, 7) is 10.2. The molecule has 0 aromatic carbocycles. The van der Waals surface area contributed by atoms with E-state index in [0.29, 0.717) is 11.6 Å². The Morgan fingerprint density at radius 2 is 2.00 bits per heavy atom. The van der Waals surface area contributed by atoms with Crippen molar-refractivity contribution in [2.75, 3.05) is 32.8 Å². The molecule has 1 atom stereocenters. The molecule has 2 rings (SSSR count). The smallest absolute Gasteiger partial charge is 0.0620 e. The van der Waals surface area contributed by atoms with E-state index in [1.54, 1.807) is 0 Å². The Hall–Kier alpha value is -0.120. The first-order chi connectivity index (χ1) is 7.68. The van der Waals surface area contributed by atoms with Crippen LogP contribution in [0.2, 0.25) is 0 Å². The highest BCUT2D eigenvalue weighted by Crippen LogP contribution is 2.20. The zero-order valence-corrected chi connectivity index (χ0v) is 10.8. The zero-order valence-electron chi connectivity index (χ0n) is 10.8. The molecule has 94 valence electrons. The highest BCUT2D eigenvalue weighted by molar-refractivity contribution is 4.87. The van der Waals surface area contributed by atoms with Gasteiger partial charge in [0, 0.05) is 24.7 Å². The third-order valence-electron chi connectivity index (χ3n) is 3.97. The first kappa shape index (κ1) is 12.3. The molecule has 2 fully saturated rings. The third kappa shape index (κ3) is 3.19. The molecular formula is C13H26N2O. The largest absolute Gasteiger partial charge is 0.380 e. The molecule has 2 aliphatic heterocycles. The lowest BCUT2D eigenvalue weighted by molar-refractivity contribution is 0.0907. The van der Waals surface area contributed by atoms with E-state index in [2.05, 4.69) is 24.1 Å². The molecule has 0 radical (unpaired) electrons. The van der Waals surface area contributed by atoms with Crippen molar-refractivity contribution in [3.05, 3.63) is 0 Å². The molecule has 16 heavy (non-hydrogen) atoms. The van der Waals surface area contributed by atoms with Gasteiger partial charge in [-0.1, -0.05) is 6.42 Å². The van der Waals surface area contributed by atoms with Crippen LogP contribution in [0.3, 0.4) is 0 Å². The first-order valence-electron chi connectivity index (χ1n) is 6.75. The maximum absolute atomic E-state index is 5.39. The molecule has 0 aromatic heterocycles. The highest BCUT2D eigenvalue weighted by Gasteiger charge is 2.28. The summed E-state index contributed by atoms with van der Waals surface area (Å²) in [7, 11) is 0. The minimum Gasteiger partial charge on any atom is -0.380 e. The van der Waals surface area contributed by atoms with Crippen molar-refractivity contribution in [1.29, 1.82) is 0 Å². The SMILES string of the molecule is CC(C)(CNC1CCOC1)N1CCCCC1. The summed E-state index contributed by atoms with van der Waals surface area (Å²) in [5.41, 5.74) is 0.295. The van der Waals surface area contributed by atoms with Crippen LogP contribution in [0.4, 0.5) is 0 Å². The third-order valence-corrected chi connectivity index (χ3v) is 3.97. The van der Waals surface area contributed by atoms with E-state index in [1.165, 1.54) is 38.8 Å². The Morgan fingerprint density at radius 1 is 1.25 bits per heavy atom. The molecule has 0 aromatic rings. The number of likely N-dealkylation sites (tertiary alicyclic amines) is 1. The summed E-state index contributed by atoms with van der Waals surface area (Å²) < 4.78 is 5.39. The van der Waals surface area contributed by atoms with E-state index in [1.807, 2.05) is 0 Å². The van der Waals surface area contributed by atoms with Crippen LogP contribution in [0.5, 0.6) is 0 Å². The maximum atomic E-state index is 5.39. The Morgan fingerprint density at radius 3 is 2.62 bits per heavy atom. The average Bonchev–Trinajstić information content (AvgIpc) is 2.81. The number of rotatable bonds is 4. The van der Waals surface area contributed by atoms with Gasteiger partial charge in [-0.15, -0.1) is 0 Å². The Labute approximate surface area is 99.5 Å². The van der Waals surface area contributed by atoms with E-state index in [-0.39, 0.29) is 0 Å². The molecule has 0 amide bonds. The van der Waals surface area contributed by atoms with Gasteiger partial charge in [0.15, 0.2) is 0 Å². The van der Waals surface area contributed by atoms with Gasteiger partial charge in [-0.2, -0.15) is 0 Å². The van der Waals surface area contributed by atoms with Crippen LogP contribution < -0.4 is 5.32 Å². The first-order valence-corrected chi connectivity index (χ1v) is 6.75. The van der Waals surface area contributed by atoms with Crippen molar-refractivity contribution in [2.45, 2.75) is 51.1 Å². The molecule has 0 saturated carbocycles. The predicted molar refractivity (Wildman–Crippen MR) is 66.7 cm³/mol. The number of piperidine rings is 1. The molecule has 2 aliphatic rings. The standard InChI is InChI=1S/C13H26N2O/c1-13(2,15-7-4-3-5-8-15)11-14-12-6-9-16-10-12/h12,14H,3-11H2,1-2H3. The average molecular weight is 226 g/mol. The van der Waals surface area contributed by atoms with Crippen LogP contribution in [0.1, 0.15) is 39.5 Å². The van der Waals surface area contributed by atoms with Crippen molar-refractivity contribution < 1.29 is 4.74 Å². The van der Waals surface area contributed by atoms with Gasteiger partial charge >= 0.3 is 0 Å². The van der Waals surface area contributed by atoms with E-state index in [4.69, 9.17) is 4.74 Å². The van der Waals surface area contributed by atoms with Crippen LogP contribution in [0.25, 0.3) is 0 Å². The maximum Gasteiger partial charge on any atom is 0.0620 e. The van der Waals surface area contributed by atoms with Gasteiger partial charge in [0.2, 0.25) is 0 Å². The molecule has 0 bridgehead atoms. The normalized spacial score (nSPS) is 28.5. The van der Waals surface area contributed by atoms with Crippen molar-refractivity contribution in [3.63, 3.8) is 0 Å². The molecular weight excluding hydrogens is 200 g/mol. The summed E-state index contributed by atoms with van der Waals surface area (Å²) in [4.78, 5) is 2.64. The second-order valence-electron chi connectivity index (χ2n) is 5.80. The topological polar surface area (TPSA) is 24.5 Å². The second kappa shape index (κ2) is 5.48. The fourth-order valence-electron chi connectivity index (χ4n) is 2.70. The lowest BCUT2D eigenvalue weighted by Crippen LogP contribution is -2.54. The fraction of sp³-hybridized carbons (Fsp3) is 1.00. The van der Waals surface area contributed by atoms with Crippen LogP contribution in [0.15, 0.2) is 0 Å². The van der Waals surface area contributed by atoms with Crippen LogP contribution in [-0.4, -0.2) is 49.3 Å². The van der Waals surface area contributed by atoms with Crippen LogP contribution >= 0.6 is 0 Å². The number of nitrogens with one attached hydrogen (secondary N) is 1. The molecule has 2 saturated heterocycles. The molecule has 2 heterocycles. The molecule has 0 aliphatic carbocycles. The van der Waals surface area contributed by atoms with Gasteiger partial charge in [0.25, 0.3) is 0 Å². The Kier molecular flexibility index (Phi) is 4.22.